The van der Waals surface area contributed by atoms with Gasteiger partial charge in [-0.15, -0.1) is 0 Å². The first kappa shape index (κ1) is 16.1. The van der Waals surface area contributed by atoms with Crippen molar-refractivity contribution >= 4 is 34.2 Å². The smallest absolute Gasteiger partial charge is 0.251 e. The highest BCUT2D eigenvalue weighted by Gasteiger charge is 2.25. The molecule has 0 saturated heterocycles. The van der Waals surface area contributed by atoms with Gasteiger partial charge in [0.25, 0.3) is 5.91 Å². The van der Waals surface area contributed by atoms with Crippen LogP contribution in [0.1, 0.15) is 28.4 Å². The van der Waals surface area contributed by atoms with Gasteiger partial charge in [0.05, 0.1) is 12.1 Å². The Morgan fingerprint density at radius 3 is 2.85 bits per heavy atom. The maximum absolute atomic E-state index is 12.3. The zero-order chi connectivity index (χ0) is 18.3. The third-order valence-corrected chi connectivity index (χ3v) is 4.61. The Kier molecular flexibility index (Phi) is 3.80. The van der Waals surface area contributed by atoms with Crippen molar-refractivity contribution in [3.63, 3.8) is 0 Å². The number of carbonyl (C=O) groups is 2. The summed E-state index contributed by atoms with van der Waals surface area (Å²) < 4.78 is 0. The van der Waals surface area contributed by atoms with E-state index in [0.717, 1.165) is 27.7 Å². The van der Waals surface area contributed by atoms with Gasteiger partial charge >= 0.3 is 0 Å². The van der Waals surface area contributed by atoms with E-state index in [1.165, 1.54) is 6.92 Å². The number of pyridine rings is 1. The fourth-order valence-electron chi connectivity index (χ4n) is 3.32. The van der Waals surface area contributed by atoms with Gasteiger partial charge in [-0.3, -0.25) is 9.59 Å². The predicted molar refractivity (Wildman–Crippen MR) is 101 cm³/mol. The van der Waals surface area contributed by atoms with Crippen LogP contribution in [0.25, 0.3) is 10.9 Å². The number of aromatic nitrogens is 1. The van der Waals surface area contributed by atoms with E-state index in [4.69, 9.17) is 5.73 Å². The molecule has 2 amide bonds. The third-order valence-electron chi connectivity index (χ3n) is 4.61. The Hall–Kier alpha value is -3.41. The maximum atomic E-state index is 12.3. The normalized spacial score (nSPS) is 12.7. The van der Waals surface area contributed by atoms with Gasteiger partial charge < -0.3 is 16.0 Å². The van der Waals surface area contributed by atoms with E-state index >= 15 is 0 Å². The number of nitrogens with one attached hydrogen (secondary N) is 1. The summed E-state index contributed by atoms with van der Waals surface area (Å²) in [5.41, 5.74) is 9.75. The maximum Gasteiger partial charge on any atom is 0.251 e. The molecule has 3 aromatic rings. The van der Waals surface area contributed by atoms with E-state index in [-0.39, 0.29) is 11.8 Å². The van der Waals surface area contributed by atoms with Crippen LogP contribution >= 0.6 is 0 Å². The van der Waals surface area contributed by atoms with Crippen molar-refractivity contribution in [1.29, 1.82) is 0 Å². The summed E-state index contributed by atoms with van der Waals surface area (Å²) in [4.78, 5) is 30.3. The second-order valence-electron chi connectivity index (χ2n) is 6.35. The number of nitrogens with two attached hydrogens (primary N) is 1. The van der Waals surface area contributed by atoms with E-state index in [1.807, 2.05) is 30.3 Å². The van der Waals surface area contributed by atoms with Gasteiger partial charge in [-0.1, -0.05) is 18.2 Å². The summed E-state index contributed by atoms with van der Waals surface area (Å²) in [6.45, 7) is 2.36. The second-order valence-corrected chi connectivity index (χ2v) is 6.35. The number of hydrogen-bond donors (Lipinski definition) is 2. The third kappa shape index (κ3) is 2.75. The zero-order valence-electron chi connectivity index (χ0n) is 14.3. The lowest BCUT2D eigenvalue weighted by atomic mass is 10.1. The number of rotatable bonds is 3. The molecule has 1 aromatic heterocycles. The summed E-state index contributed by atoms with van der Waals surface area (Å²) in [6.07, 6.45) is 0. The summed E-state index contributed by atoms with van der Waals surface area (Å²) in [6, 6.07) is 15.0. The molecule has 6 nitrogen and oxygen atoms in total. The Balaban J connectivity index is 1.73. The Morgan fingerprint density at radius 2 is 2.04 bits per heavy atom. The summed E-state index contributed by atoms with van der Waals surface area (Å²) in [5.74, 6) is 0.276. The molecule has 1 aliphatic rings. The molecule has 0 unspecified atom stereocenters. The molecule has 0 fully saturated rings. The SMILES string of the molecule is CC(=O)N(Cc1ccc2ccc(N)nc2c1)c1cccc2c1CNC2=O. The van der Waals surface area contributed by atoms with Gasteiger partial charge in [-0.05, 0) is 35.9 Å². The van der Waals surface area contributed by atoms with E-state index < -0.39 is 0 Å². The molecule has 130 valence electrons. The van der Waals surface area contributed by atoms with E-state index in [2.05, 4.69) is 10.3 Å². The van der Waals surface area contributed by atoms with Crippen LogP contribution in [0.3, 0.4) is 0 Å². The van der Waals surface area contributed by atoms with Gasteiger partial charge in [-0.2, -0.15) is 0 Å². The van der Waals surface area contributed by atoms with Crippen molar-refractivity contribution in [2.45, 2.75) is 20.0 Å². The van der Waals surface area contributed by atoms with Gasteiger partial charge in [0, 0.05) is 35.7 Å². The lowest BCUT2D eigenvalue weighted by Gasteiger charge is -2.23. The number of benzene rings is 2. The highest BCUT2D eigenvalue weighted by Crippen LogP contribution is 2.29. The molecule has 2 heterocycles. The molecular formula is C20H18N4O2. The number of anilines is 2. The van der Waals surface area contributed by atoms with Crippen molar-refractivity contribution in [1.82, 2.24) is 10.3 Å². The minimum absolute atomic E-state index is 0.0848. The average Bonchev–Trinajstić information content (AvgIpc) is 3.00. The lowest BCUT2D eigenvalue weighted by Crippen LogP contribution is -2.29. The van der Waals surface area contributed by atoms with Gasteiger partial charge in [0.15, 0.2) is 0 Å². The molecule has 0 aliphatic carbocycles. The monoisotopic (exact) mass is 346 g/mol. The average molecular weight is 346 g/mol. The number of nitrogens with zero attached hydrogens (tertiary/aromatic N) is 2. The number of amides is 2. The van der Waals surface area contributed by atoms with Crippen molar-refractivity contribution in [2.24, 2.45) is 0 Å². The van der Waals surface area contributed by atoms with Crippen molar-refractivity contribution < 1.29 is 9.59 Å². The molecule has 0 radical (unpaired) electrons. The lowest BCUT2D eigenvalue weighted by molar-refractivity contribution is -0.116. The number of nitrogen functional groups attached to an aromatic ring is 1. The Labute approximate surface area is 150 Å². The number of hydrogen-bond acceptors (Lipinski definition) is 4. The second kappa shape index (κ2) is 6.15. The molecule has 1 aliphatic heterocycles. The Bertz CT molecular complexity index is 1050. The quantitative estimate of drug-likeness (QED) is 0.763. The van der Waals surface area contributed by atoms with Crippen molar-refractivity contribution in [3.05, 3.63) is 65.2 Å². The first-order valence-corrected chi connectivity index (χ1v) is 8.36. The minimum Gasteiger partial charge on any atom is -0.384 e. The first-order chi connectivity index (χ1) is 12.5. The zero-order valence-corrected chi connectivity index (χ0v) is 14.3. The molecular weight excluding hydrogens is 328 g/mol. The van der Waals surface area contributed by atoms with Crippen LogP contribution in [-0.2, 0) is 17.9 Å². The summed E-state index contributed by atoms with van der Waals surface area (Å²) >= 11 is 0. The van der Waals surface area contributed by atoms with Crippen LogP contribution in [-0.4, -0.2) is 16.8 Å². The van der Waals surface area contributed by atoms with E-state index in [9.17, 15) is 9.59 Å². The molecule has 4 rings (SSSR count). The molecule has 0 saturated carbocycles. The Morgan fingerprint density at radius 1 is 1.23 bits per heavy atom. The molecule has 6 heteroatoms. The minimum atomic E-state index is -0.101. The van der Waals surface area contributed by atoms with E-state index in [0.29, 0.717) is 24.5 Å². The number of fused-ring (bicyclic) bond motifs is 2. The van der Waals surface area contributed by atoms with E-state index in [1.54, 1.807) is 23.1 Å². The van der Waals surface area contributed by atoms with Crippen molar-refractivity contribution in [2.75, 3.05) is 10.6 Å². The fraction of sp³-hybridized carbons (Fsp3) is 0.150. The summed E-state index contributed by atoms with van der Waals surface area (Å²) in [7, 11) is 0. The molecule has 26 heavy (non-hydrogen) atoms. The van der Waals surface area contributed by atoms with Gasteiger partial charge in [-0.25, -0.2) is 4.98 Å². The standard InChI is InChI=1S/C20H18N4O2/c1-12(25)24(18-4-2-3-15-16(18)10-22-20(15)26)11-13-5-6-14-7-8-19(21)23-17(14)9-13/h2-9H,10-11H2,1H3,(H2,21,23)(H,22,26). The molecule has 3 N–H and O–H groups in total. The van der Waals surface area contributed by atoms with Crippen LogP contribution < -0.4 is 16.0 Å². The van der Waals surface area contributed by atoms with Crippen molar-refractivity contribution in [3.8, 4) is 0 Å². The molecule has 0 bridgehead atoms. The highest BCUT2D eigenvalue weighted by molar-refractivity contribution is 6.02. The number of carbonyl (C=O) groups excluding carboxylic acids is 2. The van der Waals surface area contributed by atoms with Crippen LogP contribution in [0.4, 0.5) is 11.5 Å². The summed E-state index contributed by atoms with van der Waals surface area (Å²) in [5, 5.41) is 3.81. The largest absolute Gasteiger partial charge is 0.384 e. The molecule has 0 spiro atoms. The van der Waals surface area contributed by atoms with Crippen LogP contribution in [0.5, 0.6) is 0 Å². The molecule has 2 aromatic carbocycles. The first-order valence-electron chi connectivity index (χ1n) is 8.36. The van der Waals surface area contributed by atoms with Crippen LogP contribution in [0.2, 0.25) is 0 Å². The predicted octanol–water partition coefficient (Wildman–Crippen LogP) is 2.61. The highest BCUT2D eigenvalue weighted by atomic mass is 16.2. The van der Waals surface area contributed by atoms with Crippen LogP contribution in [0, 0.1) is 0 Å². The van der Waals surface area contributed by atoms with Crippen LogP contribution in [0.15, 0.2) is 48.5 Å². The molecule has 0 atom stereocenters. The fourth-order valence-corrected chi connectivity index (χ4v) is 3.32. The van der Waals surface area contributed by atoms with Gasteiger partial charge in [0.1, 0.15) is 5.82 Å². The van der Waals surface area contributed by atoms with Gasteiger partial charge in [0.2, 0.25) is 5.91 Å². The topological polar surface area (TPSA) is 88.3 Å².